The number of hydrogen-bond donors (Lipinski definition) is 1. The third-order valence-electron chi connectivity index (χ3n) is 2.69. The SMILES string of the molecule is CCS(=O)(=O)CCCC(O)CSc1ccc(F)cc1. The van der Waals surface area contributed by atoms with Crippen molar-refractivity contribution in [1.82, 2.24) is 0 Å². The highest BCUT2D eigenvalue weighted by molar-refractivity contribution is 7.99. The lowest BCUT2D eigenvalue weighted by molar-refractivity contribution is 0.188. The van der Waals surface area contributed by atoms with E-state index in [9.17, 15) is 17.9 Å². The predicted octanol–water partition coefficient (Wildman–Crippen LogP) is 2.49. The molecule has 0 aromatic heterocycles. The minimum atomic E-state index is -2.95. The van der Waals surface area contributed by atoms with Gasteiger partial charge in [0.15, 0.2) is 0 Å². The van der Waals surface area contributed by atoms with Crippen molar-refractivity contribution < 1.29 is 17.9 Å². The van der Waals surface area contributed by atoms with Gasteiger partial charge in [0.25, 0.3) is 0 Å². The second kappa shape index (κ2) is 7.87. The van der Waals surface area contributed by atoms with Crippen molar-refractivity contribution in [2.75, 3.05) is 17.3 Å². The van der Waals surface area contributed by atoms with Crippen LogP contribution in [0.1, 0.15) is 19.8 Å². The molecule has 0 aliphatic carbocycles. The molecule has 0 saturated carbocycles. The van der Waals surface area contributed by atoms with Gasteiger partial charge in [-0.1, -0.05) is 6.92 Å². The Hall–Kier alpha value is -0.590. The predicted molar refractivity (Wildman–Crippen MR) is 76.7 cm³/mol. The minimum absolute atomic E-state index is 0.127. The summed E-state index contributed by atoms with van der Waals surface area (Å²) in [6, 6.07) is 6.08. The van der Waals surface area contributed by atoms with E-state index in [1.165, 1.54) is 23.9 Å². The standard InChI is InChI=1S/C13H19FO3S2/c1-2-19(16,17)9-3-4-12(15)10-18-13-7-5-11(14)6-8-13/h5-8,12,15H,2-4,9-10H2,1H3. The van der Waals surface area contributed by atoms with Gasteiger partial charge in [-0.25, -0.2) is 12.8 Å². The number of hydrogen-bond acceptors (Lipinski definition) is 4. The highest BCUT2D eigenvalue weighted by Gasteiger charge is 2.10. The van der Waals surface area contributed by atoms with Crippen LogP contribution in [0.25, 0.3) is 0 Å². The van der Waals surface area contributed by atoms with Crippen molar-refractivity contribution in [2.45, 2.75) is 30.8 Å². The molecule has 0 heterocycles. The number of thioether (sulfide) groups is 1. The Morgan fingerprint density at radius 1 is 1.32 bits per heavy atom. The number of benzene rings is 1. The van der Waals surface area contributed by atoms with Gasteiger partial charge in [-0.2, -0.15) is 0 Å². The van der Waals surface area contributed by atoms with Gasteiger partial charge in [-0.05, 0) is 37.1 Å². The topological polar surface area (TPSA) is 54.4 Å². The van der Waals surface area contributed by atoms with E-state index < -0.39 is 15.9 Å². The fourth-order valence-electron chi connectivity index (χ4n) is 1.49. The number of sulfone groups is 1. The molecule has 1 N–H and O–H groups in total. The summed E-state index contributed by atoms with van der Waals surface area (Å²) >= 11 is 1.43. The molecule has 0 aliphatic heterocycles. The second-order valence-corrected chi connectivity index (χ2v) is 7.86. The van der Waals surface area contributed by atoms with Crippen LogP contribution in [0.5, 0.6) is 0 Å². The molecule has 1 rings (SSSR count). The quantitative estimate of drug-likeness (QED) is 0.750. The highest BCUT2D eigenvalue weighted by atomic mass is 32.2. The third-order valence-corrected chi connectivity index (χ3v) is 5.64. The Morgan fingerprint density at radius 2 is 1.95 bits per heavy atom. The Morgan fingerprint density at radius 3 is 2.53 bits per heavy atom. The van der Waals surface area contributed by atoms with E-state index in [0.717, 1.165) is 4.90 Å². The van der Waals surface area contributed by atoms with Crippen LogP contribution in [0.2, 0.25) is 0 Å². The molecule has 6 heteroatoms. The molecule has 1 atom stereocenters. The van der Waals surface area contributed by atoms with Gasteiger partial charge in [-0.3, -0.25) is 0 Å². The van der Waals surface area contributed by atoms with Gasteiger partial charge in [0.1, 0.15) is 15.7 Å². The van der Waals surface area contributed by atoms with Crippen LogP contribution in [-0.2, 0) is 9.84 Å². The molecule has 0 aliphatic rings. The van der Waals surface area contributed by atoms with Gasteiger partial charge in [0.05, 0.1) is 11.9 Å². The maximum Gasteiger partial charge on any atom is 0.150 e. The first kappa shape index (κ1) is 16.5. The van der Waals surface area contributed by atoms with E-state index in [4.69, 9.17) is 0 Å². The summed E-state index contributed by atoms with van der Waals surface area (Å²) in [5.74, 6) is 0.474. The Labute approximate surface area is 118 Å². The van der Waals surface area contributed by atoms with E-state index in [2.05, 4.69) is 0 Å². The van der Waals surface area contributed by atoms with Crippen LogP contribution in [0, 0.1) is 5.82 Å². The van der Waals surface area contributed by atoms with Crippen LogP contribution in [-0.4, -0.2) is 36.9 Å². The first-order valence-corrected chi connectivity index (χ1v) is 9.00. The summed E-state index contributed by atoms with van der Waals surface area (Å²) in [5, 5.41) is 9.74. The Kier molecular flexibility index (Phi) is 6.82. The number of halogens is 1. The van der Waals surface area contributed by atoms with Crippen molar-refractivity contribution in [3.8, 4) is 0 Å². The number of aliphatic hydroxyl groups excluding tert-OH is 1. The van der Waals surface area contributed by atoms with Crippen molar-refractivity contribution >= 4 is 21.6 Å². The van der Waals surface area contributed by atoms with Crippen molar-refractivity contribution in [2.24, 2.45) is 0 Å². The van der Waals surface area contributed by atoms with Gasteiger partial charge in [0, 0.05) is 16.4 Å². The van der Waals surface area contributed by atoms with Crippen molar-refractivity contribution in [3.63, 3.8) is 0 Å². The first-order chi connectivity index (χ1) is 8.93. The zero-order valence-corrected chi connectivity index (χ0v) is 12.5. The molecule has 3 nitrogen and oxygen atoms in total. The van der Waals surface area contributed by atoms with Crippen LogP contribution >= 0.6 is 11.8 Å². The normalized spacial score (nSPS) is 13.4. The average molecular weight is 306 g/mol. The molecule has 0 spiro atoms. The van der Waals surface area contributed by atoms with E-state index in [0.29, 0.717) is 18.6 Å². The molecule has 0 saturated heterocycles. The Bertz CT molecular complexity index is 471. The monoisotopic (exact) mass is 306 g/mol. The van der Waals surface area contributed by atoms with Crippen LogP contribution < -0.4 is 0 Å². The minimum Gasteiger partial charge on any atom is -0.392 e. The van der Waals surface area contributed by atoms with Gasteiger partial charge < -0.3 is 5.11 Å². The Balaban J connectivity index is 2.24. The summed E-state index contributed by atoms with van der Waals surface area (Å²) in [5.41, 5.74) is 0. The van der Waals surface area contributed by atoms with Gasteiger partial charge >= 0.3 is 0 Å². The van der Waals surface area contributed by atoms with Crippen LogP contribution in [0.15, 0.2) is 29.2 Å². The van der Waals surface area contributed by atoms with Crippen molar-refractivity contribution in [1.29, 1.82) is 0 Å². The lowest BCUT2D eigenvalue weighted by Gasteiger charge is -2.10. The van der Waals surface area contributed by atoms with Crippen LogP contribution in [0.3, 0.4) is 0 Å². The molecule has 19 heavy (non-hydrogen) atoms. The summed E-state index contributed by atoms with van der Waals surface area (Å²) in [6.07, 6.45) is 0.400. The summed E-state index contributed by atoms with van der Waals surface area (Å²) < 4.78 is 35.2. The maximum atomic E-state index is 12.7. The molecular weight excluding hydrogens is 287 g/mol. The largest absolute Gasteiger partial charge is 0.392 e. The number of rotatable bonds is 8. The molecule has 1 aromatic rings. The fourth-order valence-corrected chi connectivity index (χ4v) is 3.26. The molecule has 0 amide bonds. The maximum absolute atomic E-state index is 12.7. The molecule has 0 bridgehead atoms. The lowest BCUT2D eigenvalue weighted by Crippen LogP contribution is -2.14. The first-order valence-electron chi connectivity index (χ1n) is 6.20. The second-order valence-electron chi connectivity index (χ2n) is 4.30. The van der Waals surface area contributed by atoms with Crippen molar-refractivity contribution in [3.05, 3.63) is 30.1 Å². The van der Waals surface area contributed by atoms with E-state index >= 15 is 0 Å². The zero-order valence-electron chi connectivity index (χ0n) is 10.9. The molecule has 0 fully saturated rings. The summed E-state index contributed by atoms with van der Waals surface area (Å²) in [7, 11) is -2.95. The third kappa shape index (κ3) is 6.94. The van der Waals surface area contributed by atoms with Crippen LogP contribution in [0.4, 0.5) is 4.39 Å². The smallest absolute Gasteiger partial charge is 0.150 e. The highest BCUT2D eigenvalue weighted by Crippen LogP contribution is 2.20. The van der Waals surface area contributed by atoms with E-state index in [1.807, 2.05) is 0 Å². The zero-order chi connectivity index (χ0) is 14.3. The molecule has 1 aromatic carbocycles. The van der Waals surface area contributed by atoms with Gasteiger partial charge in [0.2, 0.25) is 0 Å². The average Bonchev–Trinajstić information content (AvgIpc) is 2.38. The van der Waals surface area contributed by atoms with E-state index in [1.54, 1.807) is 19.1 Å². The number of aliphatic hydroxyl groups is 1. The molecular formula is C13H19FO3S2. The fraction of sp³-hybridized carbons (Fsp3) is 0.538. The van der Waals surface area contributed by atoms with E-state index in [-0.39, 0.29) is 17.3 Å². The molecule has 1 unspecified atom stereocenters. The summed E-state index contributed by atoms with van der Waals surface area (Å²) in [6.45, 7) is 1.62. The van der Waals surface area contributed by atoms with Gasteiger partial charge in [-0.15, -0.1) is 11.8 Å². The lowest BCUT2D eigenvalue weighted by atomic mass is 10.2. The molecule has 108 valence electrons. The molecule has 0 radical (unpaired) electrons. The summed E-state index contributed by atoms with van der Waals surface area (Å²) in [4.78, 5) is 0.890.